The SMILES string of the molecule is [2H]C1([2H])CN(Cc2ccc(COc3cccc4c3CN(C3CCC(=C)NC3=O)C4=O)cc2)C(=O)CO1. The van der Waals surface area contributed by atoms with Crippen LogP contribution >= 0.6 is 0 Å². The lowest BCUT2D eigenvalue weighted by molar-refractivity contribution is -0.143. The fourth-order valence-corrected chi connectivity index (χ4v) is 4.45. The molecule has 8 heteroatoms. The van der Waals surface area contributed by atoms with Gasteiger partial charge >= 0.3 is 0 Å². The highest BCUT2D eigenvalue weighted by Crippen LogP contribution is 2.34. The zero-order valence-electron chi connectivity index (χ0n) is 20.7. The lowest BCUT2D eigenvalue weighted by Crippen LogP contribution is -2.49. The first-order valence-corrected chi connectivity index (χ1v) is 11.2. The van der Waals surface area contributed by atoms with Crippen LogP contribution in [0.5, 0.6) is 5.75 Å². The van der Waals surface area contributed by atoms with Crippen LogP contribution in [-0.2, 0) is 34.0 Å². The third-order valence-electron chi connectivity index (χ3n) is 6.35. The van der Waals surface area contributed by atoms with Gasteiger partial charge in [-0.2, -0.15) is 0 Å². The number of benzene rings is 2. The van der Waals surface area contributed by atoms with E-state index in [9.17, 15) is 14.4 Å². The Balaban J connectivity index is 1.22. The first kappa shape index (κ1) is 19.8. The molecule has 3 aliphatic heterocycles. The molecule has 1 N–H and O–H groups in total. The summed E-state index contributed by atoms with van der Waals surface area (Å²) >= 11 is 0. The Hall–Kier alpha value is -3.65. The summed E-state index contributed by atoms with van der Waals surface area (Å²) in [7, 11) is 0. The van der Waals surface area contributed by atoms with E-state index in [0.29, 0.717) is 42.9 Å². The van der Waals surface area contributed by atoms with Gasteiger partial charge in [0, 0.05) is 29.9 Å². The van der Waals surface area contributed by atoms with Crippen LogP contribution in [0.3, 0.4) is 0 Å². The fraction of sp³-hybridized carbons (Fsp3) is 0.346. The zero-order valence-corrected chi connectivity index (χ0v) is 18.7. The van der Waals surface area contributed by atoms with E-state index < -0.39 is 12.6 Å². The second-order valence-electron chi connectivity index (χ2n) is 8.65. The summed E-state index contributed by atoms with van der Waals surface area (Å²) in [6.45, 7) is 2.49. The molecule has 34 heavy (non-hydrogen) atoms. The number of carbonyl (C=O) groups excluding carboxylic acids is 3. The van der Waals surface area contributed by atoms with E-state index in [-0.39, 0.29) is 37.5 Å². The third-order valence-corrected chi connectivity index (χ3v) is 6.35. The van der Waals surface area contributed by atoms with Gasteiger partial charge in [-0.25, -0.2) is 0 Å². The maximum Gasteiger partial charge on any atom is 0.255 e. The summed E-state index contributed by atoms with van der Waals surface area (Å²) < 4.78 is 26.4. The smallest absolute Gasteiger partial charge is 0.255 e. The van der Waals surface area contributed by atoms with Gasteiger partial charge in [-0.05, 0) is 36.1 Å². The van der Waals surface area contributed by atoms with Crippen LogP contribution in [0.25, 0.3) is 0 Å². The predicted octanol–water partition coefficient (Wildman–Crippen LogP) is 2.37. The molecule has 0 aromatic heterocycles. The molecule has 2 aromatic carbocycles. The number of hydrogen-bond acceptors (Lipinski definition) is 5. The topological polar surface area (TPSA) is 88.2 Å². The van der Waals surface area contributed by atoms with Gasteiger partial charge in [-0.15, -0.1) is 0 Å². The highest BCUT2D eigenvalue weighted by Gasteiger charge is 2.39. The Bertz CT molecular complexity index is 1230. The lowest BCUT2D eigenvalue weighted by atomic mass is 10.0. The van der Waals surface area contributed by atoms with Crippen LogP contribution in [0.2, 0.25) is 0 Å². The van der Waals surface area contributed by atoms with Crippen molar-refractivity contribution in [3.63, 3.8) is 0 Å². The molecule has 2 saturated heterocycles. The Morgan fingerprint density at radius 1 is 1.15 bits per heavy atom. The van der Waals surface area contributed by atoms with Crippen molar-refractivity contribution in [2.45, 2.75) is 38.6 Å². The highest BCUT2D eigenvalue weighted by molar-refractivity contribution is 6.02. The van der Waals surface area contributed by atoms with Gasteiger partial charge < -0.3 is 24.6 Å². The van der Waals surface area contributed by atoms with Crippen molar-refractivity contribution in [3.05, 3.63) is 77.0 Å². The van der Waals surface area contributed by atoms with Crippen LogP contribution in [0.4, 0.5) is 0 Å². The number of nitrogens with one attached hydrogen (secondary N) is 1. The Morgan fingerprint density at radius 3 is 2.74 bits per heavy atom. The van der Waals surface area contributed by atoms with Gasteiger partial charge in [0.05, 0.1) is 15.8 Å². The standard InChI is InChI=1S/C26H27N3O5/c1-17-5-10-22(25(31)27-17)29-14-21-20(26(29)32)3-2-4-23(21)34-15-19-8-6-18(7-9-19)13-28-11-12-33-16-24(28)30/h2-4,6-9,22H,1,5,10-16H2,(H,27,31)/i12D2. The molecule has 1 atom stereocenters. The van der Waals surface area contributed by atoms with Gasteiger partial charge in [0.15, 0.2) is 0 Å². The number of allylic oxidation sites excluding steroid dienone is 1. The van der Waals surface area contributed by atoms with Crippen molar-refractivity contribution < 1.29 is 26.6 Å². The van der Waals surface area contributed by atoms with Crippen molar-refractivity contribution in [2.75, 3.05) is 19.7 Å². The molecule has 0 saturated carbocycles. The van der Waals surface area contributed by atoms with Crippen LogP contribution in [-0.4, -0.2) is 53.3 Å². The number of carbonyl (C=O) groups is 3. The predicted molar refractivity (Wildman–Crippen MR) is 124 cm³/mol. The van der Waals surface area contributed by atoms with E-state index >= 15 is 0 Å². The van der Waals surface area contributed by atoms with Crippen molar-refractivity contribution in [2.24, 2.45) is 0 Å². The van der Waals surface area contributed by atoms with Crippen molar-refractivity contribution in [1.82, 2.24) is 15.1 Å². The summed E-state index contributed by atoms with van der Waals surface area (Å²) in [5.41, 5.74) is 3.78. The average Bonchev–Trinajstić information content (AvgIpc) is 3.18. The Labute approximate surface area is 200 Å². The van der Waals surface area contributed by atoms with E-state index in [1.807, 2.05) is 30.3 Å². The number of hydrogen-bond donors (Lipinski definition) is 1. The molecular weight excluding hydrogens is 434 g/mol. The van der Waals surface area contributed by atoms with Crippen molar-refractivity contribution in [1.29, 1.82) is 0 Å². The first-order valence-electron chi connectivity index (χ1n) is 12.2. The Morgan fingerprint density at radius 2 is 1.94 bits per heavy atom. The first-order chi connectivity index (χ1) is 17.2. The molecule has 2 aromatic rings. The summed E-state index contributed by atoms with van der Waals surface area (Å²) in [5.74, 6) is -0.0108. The molecule has 0 radical (unpaired) electrons. The molecule has 1 unspecified atom stereocenters. The number of fused-ring (bicyclic) bond motifs is 1. The van der Waals surface area contributed by atoms with E-state index in [0.717, 1.165) is 16.7 Å². The minimum Gasteiger partial charge on any atom is -0.489 e. The number of piperidine rings is 1. The van der Waals surface area contributed by atoms with Gasteiger partial charge in [0.2, 0.25) is 11.8 Å². The molecule has 0 bridgehead atoms. The number of morpholine rings is 1. The van der Waals surface area contributed by atoms with E-state index in [1.165, 1.54) is 4.90 Å². The fourth-order valence-electron chi connectivity index (χ4n) is 4.45. The van der Waals surface area contributed by atoms with E-state index in [2.05, 4.69) is 11.9 Å². The third kappa shape index (κ3) is 4.41. The summed E-state index contributed by atoms with van der Waals surface area (Å²) in [6.07, 6.45) is 1.19. The molecule has 2 fully saturated rings. The molecule has 0 aliphatic carbocycles. The average molecular weight is 464 g/mol. The van der Waals surface area contributed by atoms with Crippen molar-refractivity contribution >= 4 is 17.7 Å². The molecule has 5 rings (SSSR count). The van der Waals surface area contributed by atoms with Crippen LogP contribution in [0.15, 0.2) is 54.7 Å². The van der Waals surface area contributed by atoms with Gasteiger partial charge in [0.1, 0.15) is 25.0 Å². The summed E-state index contributed by atoms with van der Waals surface area (Å²) in [5, 5.41) is 2.75. The van der Waals surface area contributed by atoms with Gasteiger partial charge in [-0.3, -0.25) is 14.4 Å². The summed E-state index contributed by atoms with van der Waals surface area (Å²) in [6, 6.07) is 12.4. The molecule has 3 amide bonds. The zero-order chi connectivity index (χ0) is 25.4. The second-order valence-corrected chi connectivity index (χ2v) is 8.65. The van der Waals surface area contributed by atoms with Crippen LogP contribution in [0.1, 0.15) is 42.6 Å². The monoisotopic (exact) mass is 463 g/mol. The number of amides is 3. The maximum absolute atomic E-state index is 13.0. The summed E-state index contributed by atoms with van der Waals surface area (Å²) in [4.78, 5) is 40.6. The number of rotatable bonds is 6. The molecule has 3 aliphatic rings. The quantitative estimate of drug-likeness (QED) is 0.711. The molecule has 176 valence electrons. The lowest BCUT2D eigenvalue weighted by Gasteiger charge is -2.31. The number of nitrogens with zero attached hydrogens (tertiary/aromatic N) is 2. The maximum atomic E-state index is 13.0. The minimum absolute atomic E-state index is 0.108. The largest absolute Gasteiger partial charge is 0.489 e. The molecule has 8 nitrogen and oxygen atoms in total. The van der Waals surface area contributed by atoms with E-state index in [1.54, 1.807) is 17.0 Å². The molecular formula is C26H27N3O5. The minimum atomic E-state index is -1.84. The van der Waals surface area contributed by atoms with E-state index in [4.69, 9.17) is 12.2 Å². The highest BCUT2D eigenvalue weighted by atomic mass is 16.5. The van der Waals surface area contributed by atoms with Crippen molar-refractivity contribution in [3.8, 4) is 5.75 Å². The van der Waals surface area contributed by atoms with Gasteiger partial charge in [-0.1, -0.05) is 36.9 Å². The number of ether oxygens (including phenoxy) is 2. The normalized spacial score (nSPS) is 22.8. The second kappa shape index (κ2) is 9.30. The Kier molecular flexibility index (Phi) is 5.42. The van der Waals surface area contributed by atoms with Crippen LogP contribution in [0, 0.1) is 0 Å². The molecule has 0 spiro atoms. The molecule has 3 heterocycles. The van der Waals surface area contributed by atoms with Gasteiger partial charge in [0.25, 0.3) is 5.91 Å². The van der Waals surface area contributed by atoms with Crippen LogP contribution < -0.4 is 10.1 Å².